The van der Waals surface area contributed by atoms with Crippen LogP contribution in [0.5, 0.6) is 0 Å². The molecule has 3 atom stereocenters. The Balaban J connectivity index is 1.97. The summed E-state index contributed by atoms with van der Waals surface area (Å²) < 4.78 is 5.57. The number of hydrogen-bond acceptors (Lipinski definition) is 3. The van der Waals surface area contributed by atoms with Gasteiger partial charge in [0.2, 0.25) is 5.91 Å². The molecule has 3 unspecified atom stereocenters. The van der Waals surface area contributed by atoms with Gasteiger partial charge in [-0.1, -0.05) is 6.92 Å². The van der Waals surface area contributed by atoms with E-state index in [4.69, 9.17) is 10.00 Å². The largest absolute Gasteiger partial charge is 0.377 e. The van der Waals surface area contributed by atoms with E-state index in [0.717, 1.165) is 32.2 Å². The first-order chi connectivity index (χ1) is 8.26. The molecule has 2 saturated heterocycles. The Bertz CT molecular complexity index is 324. The minimum Gasteiger partial charge on any atom is -0.377 e. The fourth-order valence-corrected chi connectivity index (χ4v) is 2.85. The SMILES string of the molecule is CCC1OCCC1C(=O)N1CCCC(C#N)C1. The molecule has 0 saturated carbocycles. The highest BCUT2D eigenvalue weighted by Crippen LogP contribution is 2.27. The Morgan fingerprint density at radius 3 is 3.06 bits per heavy atom. The maximum absolute atomic E-state index is 12.4. The van der Waals surface area contributed by atoms with Crippen LogP contribution in [0.3, 0.4) is 0 Å². The summed E-state index contributed by atoms with van der Waals surface area (Å²) >= 11 is 0. The van der Waals surface area contributed by atoms with E-state index in [0.29, 0.717) is 13.2 Å². The summed E-state index contributed by atoms with van der Waals surface area (Å²) in [7, 11) is 0. The van der Waals surface area contributed by atoms with Gasteiger partial charge < -0.3 is 9.64 Å². The lowest BCUT2D eigenvalue weighted by atomic mass is 9.94. The molecule has 2 aliphatic heterocycles. The van der Waals surface area contributed by atoms with E-state index in [-0.39, 0.29) is 23.8 Å². The Labute approximate surface area is 103 Å². The molecule has 0 aliphatic carbocycles. The van der Waals surface area contributed by atoms with Gasteiger partial charge in [-0.05, 0) is 25.7 Å². The summed E-state index contributed by atoms with van der Waals surface area (Å²) in [6, 6.07) is 2.28. The van der Waals surface area contributed by atoms with Crippen molar-refractivity contribution in [1.29, 1.82) is 5.26 Å². The van der Waals surface area contributed by atoms with Crippen LogP contribution in [0.2, 0.25) is 0 Å². The second-order valence-electron chi connectivity index (χ2n) is 4.97. The number of ether oxygens (including phenoxy) is 1. The van der Waals surface area contributed by atoms with Gasteiger partial charge in [0.05, 0.1) is 24.0 Å². The van der Waals surface area contributed by atoms with Crippen LogP contribution in [0, 0.1) is 23.2 Å². The molecule has 0 spiro atoms. The molecule has 0 aromatic carbocycles. The first-order valence-corrected chi connectivity index (χ1v) is 6.56. The lowest BCUT2D eigenvalue weighted by Gasteiger charge is -2.32. The molecule has 4 heteroatoms. The number of piperidine rings is 1. The number of carbonyl (C=O) groups is 1. The Morgan fingerprint density at radius 2 is 2.35 bits per heavy atom. The number of nitriles is 1. The zero-order valence-corrected chi connectivity index (χ0v) is 10.4. The number of carbonyl (C=O) groups excluding carboxylic acids is 1. The Morgan fingerprint density at radius 1 is 1.53 bits per heavy atom. The van der Waals surface area contributed by atoms with E-state index < -0.39 is 0 Å². The van der Waals surface area contributed by atoms with Gasteiger partial charge in [-0.25, -0.2) is 0 Å². The monoisotopic (exact) mass is 236 g/mol. The number of likely N-dealkylation sites (tertiary alicyclic amines) is 1. The predicted octanol–water partition coefficient (Wildman–Crippen LogP) is 1.56. The minimum atomic E-state index is 0.0232. The molecule has 17 heavy (non-hydrogen) atoms. The summed E-state index contributed by atoms with van der Waals surface area (Å²) in [6.07, 6.45) is 3.70. The van der Waals surface area contributed by atoms with Crippen LogP contribution in [0.15, 0.2) is 0 Å². The van der Waals surface area contributed by atoms with Crippen molar-refractivity contribution in [3.05, 3.63) is 0 Å². The highest BCUT2D eigenvalue weighted by molar-refractivity contribution is 5.79. The zero-order chi connectivity index (χ0) is 12.3. The van der Waals surface area contributed by atoms with Crippen molar-refractivity contribution in [1.82, 2.24) is 4.90 Å². The fraction of sp³-hybridized carbons (Fsp3) is 0.846. The van der Waals surface area contributed by atoms with Crippen LogP contribution in [-0.4, -0.2) is 36.6 Å². The molecule has 2 fully saturated rings. The molecule has 2 rings (SSSR count). The normalized spacial score (nSPS) is 33.4. The summed E-state index contributed by atoms with van der Waals surface area (Å²) in [6.45, 7) is 4.18. The smallest absolute Gasteiger partial charge is 0.228 e. The van der Waals surface area contributed by atoms with E-state index >= 15 is 0 Å². The molecule has 0 radical (unpaired) electrons. The first kappa shape index (κ1) is 12.4. The maximum Gasteiger partial charge on any atom is 0.228 e. The lowest BCUT2D eigenvalue weighted by molar-refractivity contribution is -0.138. The molecule has 0 N–H and O–H groups in total. The third-order valence-electron chi connectivity index (χ3n) is 3.84. The standard InChI is InChI=1S/C13H20N2O2/c1-2-12-11(5-7-17-12)13(16)15-6-3-4-10(8-14)9-15/h10-12H,2-7,9H2,1H3. The van der Waals surface area contributed by atoms with Gasteiger partial charge in [-0.15, -0.1) is 0 Å². The maximum atomic E-state index is 12.4. The van der Waals surface area contributed by atoms with Crippen molar-refractivity contribution in [2.24, 2.45) is 11.8 Å². The van der Waals surface area contributed by atoms with Crippen LogP contribution < -0.4 is 0 Å². The predicted molar refractivity (Wildman–Crippen MR) is 63.1 cm³/mol. The van der Waals surface area contributed by atoms with Crippen LogP contribution >= 0.6 is 0 Å². The second-order valence-corrected chi connectivity index (χ2v) is 4.97. The Kier molecular flexibility index (Phi) is 4.01. The summed E-state index contributed by atoms with van der Waals surface area (Å²) in [5.41, 5.74) is 0. The molecule has 4 nitrogen and oxygen atoms in total. The van der Waals surface area contributed by atoms with Gasteiger partial charge in [0.15, 0.2) is 0 Å². The van der Waals surface area contributed by atoms with E-state index in [9.17, 15) is 4.79 Å². The third kappa shape index (κ3) is 2.61. The molecule has 0 aromatic heterocycles. The molecule has 2 aliphatic rings. The average Bonchev–Trinajstić information content (AvgIpc) is 2.86. The average molecular weight is 236 g/mol. The molecule has 0 aromatic rings. The molecular weight excluding hydrogens is 216 g/mol. The third-order valence-corrected chi connectivity index (χ3v) is 3.84. The van der Waals surface area contributed by atoms with Gasteiger partial charge in [0.1, 0.15) is 0 Å². The highest BCUT2D eigenvalue weighted by atomic mass is 16.5. The van der Waals surface area contributed by atoms with Crippen LogP contribution in [0.25, 0.3) is 0 Å². The van der Waals surface area contributed by atoms with Gasteiger partial charge >= 0.3 is 0 Å². The van der Waals surface area contributed by atoms with Crippen molar-refractivity contribution in [2.75, 3.05) is 19.7 Å². The van der Waals surface area contributed by atoms with Crippen LogP contribution in [0.1, 0.15) is 32.6 Å². The van der Waals surface area contributed by atoms with Crippen LogP contribution in [-0.2, 0) is 9.53 Å². The van der Waals surface area contributed by atoms with Gasteiger partial charge in [0.25, 0.3) is 0 Å². The van der Waals surface area contributed by atoms with E-state index in [1.807, 2.05) is 4.90 Å². The quantitative estimate of drug-likeness (QED) is 0.731. The minimum absolute atomic E-state index is 0.0232. The van der Waals surface area contributed by atoms with Crippen molar-refractivity contribution in [3.8, 4) is 6.07 Å². The number of amides is 1. The molecule has 2 heterocycles. The first-order valence-electron chi connectivity index (χ1n) is 6.56. The van der Waals surface area contributed by atoms with Gasteiger partial charge in [-0.3, -0.25) is 4.79 Å². The van der Waals surface area contributed by atoms with E-state index in [1.165, 1.54) is 0 Å². The van der Waals surface area contributed by atoms with Crippen molar-refractivity contribution < 1.29 is 9.53 Å². The van der Waals surface area contributed by atoms with Crippen molar-refractivity contribution >= 4 is 5.91 Å². The second kappa shape index (κ2) is 5.50. The highest BCUT2D eigenvalue weighted by Gasteiger charge is 2.36. The molecule has 94 valence electrons. The van der Waals surface area contributed by atoms with Gasteiger partial charge in [-0.2, -0.15) is 5.26 Å². The molecular formula is C13H20N2O2. The van der Waals surface area contributed by atoms with Gasteiger partial charge in [0, 0.05) is 19.7 Å². The number of hydrogen-bond donors (Lipinski definition) is 0. The summed E-state index contributed by atoms with van der Waals surface area (Å²) in [5, 5.41) is 8.94. The number of rotatable bonds is 2. The molecule has 0 bridgehead atoms. The van der Waals surface area contributed by atoms with Crippen molar-refractivity contribution in [2.45, 2.75) is 38.7 Å². The van der Waals surface area contributed by atoms with Crippen molar-refractivity contribution in [3.63, 3.8) is 0 Å². The zero-order valence-electron chi connectivity index (χ0n) is 10.4. The molecule has 1 amide bonds. The topological polar surface area (TPSA) is 53.3 Å². The Hall–Kier alpha value is -1.08. The number of nitrogens with zero attached hydrogens (tertiary/aromatic N) is 2. The summed E-state index contributed by atoms with van der Waals surface area (Å²) in [4.78, 5) is 14.2. The van der Waals surface area contributed by atoms with E-state index in [1.54, 1.807) is 0 Å². The lowest BCUT2D eigenvalue weighted by Crippen LogP contribution is -2.44. The fourth-order valence-electron chi connectivity index (χ4n) is 2.85. The summed E-state index contributed by atoms with van der Waals surface area (Å²) in [5.74, 6) is 0.252. The van der Waals surface area contributed by atoms with E-state index in [2.05, 4.69) is 13.0 Å². The van der Waals surface area contributed by atoms with Crippen LogP contribution in [0.4, 0.5) is 0 Å².